The zero-order valence-corrected chi connectivity index (χ0v) is 14.0. The molecule has 3 rings (SSSR count). The highest BCUT2D eigenvalue weighted by atomic mass is 127. The van der Waals surface area contributed by atoms with E-state index in [0.717, 1.165) is 11.1 Å². The van der Waals surface area contributed by atoms with Gasteiger partial charge in [-0.05, 0) is 59.8 Å². The van der Waals surface area contributed by atoms with Crippen LogP contribution in [0.1, 0.15) is 6.92 Å². The summed E-state index contributed by atoms with van der Waals surface area (Å²) in [6, 6.07) is 13.1. The summed E-state index contributed by atoms with van der Waals surface area (Å²) in [6.45, 7) is 2.35. The Labute approximate surface area is 141 Å². The van der Waals surface area contributed by atoms with Crippen molar-refractivity contribution in [3.63, 3.8) is 0 Å². The van der Waals surface area contributed by atoms with Crippen LogP contribution in [-0.4, -0.2) is 26.9 Å². The Bertz CT molecular complexity index is 784. The molecule has 0 radical (unpaired) electrons. The second-order valence-corrected chi connectivity index (χ2v) is 5.88. The Morgan fingerprint density at radius 3 is 2.59 bits per heavy atom. The van der Waals surface area contributed by atoms with E-state index < -0.39 is 0 Å². The third kappa shape index (κ3) is 3.06. The lowest BCUT2D eigenvalue weighted by molar-refractivity contribution is 0.318. The lowest BCUT2D eigenvalue weighted by Gasteiger charge is -2.06. The molecule has 5 nitrogen and oxygen atoms in total. The Kier molecular flexibility index (Phi) is 4.28. The van der Waals surface area contributed by atoms with Crippen molar-refractivity contribution in [2.45, 2.75) is 6.92 Å². The van der Waals surface area contributed by atoms with Gasteiger partial charge >= 0.3 is 0 Å². The molecule has 0 fully saturated rings. The first-order valence-corrected chi connectivity index (χ1v) is 7.90. The van der Waals surface area contributed by atoms with E-state index in [-0.39, 0.29) is 5.75 Å². The highest BCUT2D eigenvalue weighted by Gasteiger charge is 2.11. The van der Waals surface area contributed by atoms with Crippen LogP contribution in [-0.2, 0) is 0 Å². The number of phenols is 1. The lowest BCUT2D eigenvalue weighted by atomic mass is 10.2. The largest absolute Gasteiger partial charge is 0.504 e. The van der Waals surface area contributed by atoms with Crippen LogP contribution in [0.15, 0.2) is 42.5 Å². The summed E-state index contributed by atoms with van der Waals surface area (Å²) < 4.78 is 6.55. The molecule has 0 saturated carbocycles. The summed E-state index contributed by atoms with van der Waals surface area (Å²) in [6.07, 6.45) is 0. The number of benzene rings is 2. The number of rotatable bonds is 4. The molecule has 3 aromatic rings. The summed E-state index contributed by atoms with van der Waals surface area (Å²) >= 11 is 2.26. The van der Waals surface area contributed by atoms with Gasteiger partial charge in [-0.3, -0.25) is 5.10 Å². The van der Waals surface area contributed by atoms with Crippen LogP contribution < -0.4 is 4.74 Å². The first kappa shape index (κ1) is 14.8. The van der Waals surface area contributed by atoms with Gasteiger partial charge in [-0.25, -0.2) is 4.98 Å². The van der Waals surface area contributed by atoms with Crippen molar-refractivity contribution in [1.82, 2.24) is 15.2 Å². The number of aromatic nitrogens is 3. The molecule has 1 aromatic heterocycles. The third-order valence-electron chi connectivity index (χ3n) is 3.12. The van der Waals surface area contributed by atoms with Crippen LogP contribution in [0, 0.1) is 3.57 Å². The molecular weight excluding hydrogens is 393 g/mol. The van der Waals surface area contributed by atoms with Gasteiger partial charge in [0.2, 0.25) is 0 Å². The number of aromatic amines is 1. The number of hydrogen-bond donors (Lipinski definition) is 2. The minimum atomic E-state index is 0.110. The van der Waals surface area contributed by atoms with Gasteiger partial charge in [-0.2, -0.15) is 5.10 Å². The summed E-state index contributed by atoms with van der Waals surface area (Å²) in [4.78, 5) is 4.51. The molecule has 0 aliphatic rings. The Morgan fingerprint density at radius 2 is 1.86 bits per heavy atom. The van der Waals surface area contributed by atoms with Gasteiger partial charge in [0.25, 0.3) is 0 Å². The zero-order chi connectivity index (χ0) is 15.5. The number of aromatic hydroxyl groups is 1. The summed E-state index contributed by atoms with van der Waals surface area (Å²) in [7, 11) is 0. The molecule has 0 saturated heterocycles. The maximum Gasteiger partial charge on any atom is 0.181 e. The van der Waals surface area contributed by atoms with E-state index in [9.17, 15) is 5.11 Å². The highest BCUT2D eigenvalue weighted by molar-refractivity contribution is 14.1. The molecule has 1 heterocycles. The number of halogens is 1. The van der Waals surface area contributed by atoms with Gasteiger partial charge in [-0.15, -0.1) is 0 Å². The Balaban J connectivity index is 1.93. The minimum absolute atomic E-state index is 0.110. The fourth-order valence-corrected chi connectivity index (χ4v) is 2.41. The summed E-state index contributed by atoms with van der Waals surface area (Å²) in [5, 5.41) is 16.9. The van der Waals surface area contributed by atoms with Crippen molar-refractivity contribution in [3.05, 3.63) is 46.0 Å². The third-order valence-corrected chi connectivity index (χ3v) is 3.84. The van der Waals surface area contributed by atoms with E-state index in [1.54, 1.807) is 18.2 Å². The fraction of sp³-hybridized carbons (Fsp3) is 0.125. The maximum absolute atomic E-state index is 9.75. The second kappa shape index (κ2) is 6.35. The van der Waals surface area contributed by atoms with Crippen molar-refractivity contribution >= 4 is 22.6 Å². The Morgan fingerprint density at radius 1 is 1.14 bits per heavy atom. The van der Waals surface area contributed by atoms with Crippen molar-refractivity contribution in [2.75, 3.05) is 6.61 Å². The molecule has 0 bridgehead atoms. The molecule has 112 valence electrons. The van der Waals surface area contributed by atoms with Gasteiger partial charge in [0.15, 0.2) is 23.1 Å². The van der Waals surface area contributed by atoms with E-state index >= 15 is 0 Å². The first-order valence-electron chi connectivity index (χ1n) is 6.82. The van der Waals surface area contributed by atoms with E-state index in [4.69, 9.17) is 4.74 Å². The fourth-order valence-electron chi connectivity index (χ4n) is 2.05. The molecule has 0 atom stereocenters. The highest BCUT2D eigenvalue weighted by Crippen LogP contribution is 2.31. The molecular formula is C16H14IN3O2. The molecule has 0 spiro atoms. The van der Waals surface area contributed by atoms with Crippen LogP contribution in [0.2, 0.25) is 0 Å². The number of phenolic OH excluding ortho intramolecular Hbond substituents is 1. The monoisotopic (exact) mass is 407 g/mol. The van der Waals surface area contributed by atoms with Crippen molar-refractivity contribution in [2.24, 2.45) is 0 Å². The average Bonchev–Trinajstić information content (AvgIpc) is 3.00. The number of nitrogens with zero attached hydrogens (tertiary/aromatic N) is 2. The zero-order valence-electron chi connectivity index (χ0n) is 11.9. The standard InChI is InChI=1S/C16H14IN3O2/c1-2-22-14-9-11(5-8-13(14)21)16-18-15(19-20-16)10-3-6-12(17)7-4-10/h3-9,21H,2H2,1H3,(H,18,19,20). The van der Waals surface area contributed by atoms with Crippen LogP contribution in [0.4, 0.5) is 0 Å². The SMILES string of the molecule is CCOc1cc(-c2n[nH]c(-c3ccc(I)cc3)n2)ccc1O. The minimum Gasteiger partial charge on any atom is -0.504 e. The maximum atomic E-state index is 9.75. The van der Waals surface area contributed by atoms with Gasteiger partial charge in [0.05, 0.1) is 6.61 Å². The van der Waals surface area contributed by atoms with Crippen molar-refractivity contribution < 1.29 is 9.84 Å². The predicted molar refractivity (Wildman–Crippen MR) is 92.8 cm³/mol. The quantitative estimate of drug-likeness (QED) is 0.645. The topological polar surface area (TPSA) is 71.0 Å². The average molecular weight is 407 g/mol. The van der Waals surface area contributed by atoms with E-state index in [1.165, 1.54) is 3.57 Å². The summed E-state index contributed by atoms with van der Waals surface area (Å²) in [5.41, 5.74) is 1.76. The van der Waals surface area contributed by atoms with Gasteiger partial charge < -0.3 is 9.84 Å². The van der Waals surface area contributed by atoms with Gasteiger partial charge in [0, 0.05) is 14.7 Å². The smallest absolute Gasteiger partial charge is 0.181 e. The summed E-state index contributed by atoms with van der Waals surface area (Å²) in [5.74, 6) is 1.81. The predicted octanol–water partition coefficient (Wildman–Crippen LogP) is 3.85. The van der Waals surface area contributed by atoms with Gasteiger partial charge in [0.1, 0.15) is 0 Å². The lowest BCUT2D eigenvalue weighted by Crippen LogP contribution is -1.92. The number of ether oxygens (including phenoxy) is 1. The van der Waals surface area contributed by atoms with Crippen LogP contribution in [0.5, 0.6) is 11.5 Å². The molecule has 0 aliphatic heterocycles. The van der Waals surface area contributed by atoms with Crippen LogP contribution in [0.25, 0.3) is 22.8 Å². The van der Waals surface area contributed by atoms with Gasteiger partial charge in [-0.1, -0.05) is 12.1 Å². The van der Waals surface area contributed by atoms with E-state index in [1.807, 2.05) is 31.2 Å². The number of H-pyrrole nitrogens is 1. The molecule has 0 unspecified atom stereocenters. The molecule has 6 heteroatoms. The number of nitrogens with one attached hydrogen (secondary N) is 1. The molecule has 2 N–H and O–H groups in total. The molecule has 2 aromatic carbocycles. The number of hydrogen-bond acceptors (Lipinski definition) is 4. The molecule has 0 aliphatic carbocycles. The van der Waals surface area contributed by atoms with Crippen LogP contribution in [0.3, 0.4) is 0 Å². The van der Waals surface area contributed by atoms with E-state index in [0.29, 0.717) is 24.0 Å². The van der Waals surface area contributed by atoms with Crippen molar-refractivity contribution in [3.8, 4) is 34.3 Å². The first-order chi connectivity index (χ1) is 10.7. The second-order valence-electron chi connectivity index (χ2n) is 4.63. The van der Waals surface area contributed by atoms with Crippen LogP contribution >= 0.6 is 22.6 Å². The van der Waals surface area contributed by atoms with E-state index in [2.05, 4.69) is 37.8 Å². The Hall–Kier alpha value is -2.09. The van der Waals surface area contributed by atoms with Crippen molar-refractivity contribution in [1.29, 1.82) is 0 Å². The molecule has 0 amide bonds. The molecule has 22 heavy (non-hydrogen) atoms. The normalized spacial score (nSPS) is 10.6.